The molecule has 0 N–H and O–H groups in total. The van der Waals surface area contributed by atoms with Gasteiger partial charge in [0.25, 0.3) is 0 Å². The predicted octanol–water partition coefficient (Wildman–Crippen LogP) is 1.88. The maximum Gasteiger partial charge on any atom is 0.243 e. The third-order valence-corrected chi connectivity index (χ3v) is 6.43. The molecule has 20 heavy (non-hydrogen) atoms. The summed E-state index contributed by atoms with van der Waals surface area (Å²) >= 11 is 7.57. The number of aromatic nitrogens is 1. The Hall–Kier alpha value is -0.340. The van der Waals surface area contributed by atoms with Crippen LogP contribution in [0.2, 0.25) is 5.15 Å². The van der Waals surface area contributed by atoms with Crippen LogP contribution in [0.3, 0.4) is 0 Å². The fraction of sp³-hybridized carbons (Fsp3) is 0.583. The molecule has 0 amide bonds. The van der Waals surface area contributed by atoms with Gasteiger partial charge in [0, 0.05) is 31.6 Å². The molecule has 0 bridgehead atoms. The maximum absolute atomic E-state index is 12.8. The summed E-state index contributed by atoms with van der Waals surface area (Å²) in [6.45, 7) is 0.725. The van der Waals surface area contributed by atoms with Gasteiger partial charge in [0.05, 0.1) is 11.5 Å². The Balaban J connectivity index is 2.30. The van der Waals surface area contributed by atoms with Gasteiger partial charge in [-0.1, -0.05) is 11.6 Å². The third-order valence-electron chi connectivity index (χ3n) is 3.13. The van der Waals surface area contributed by atoms with Crippen LogP contribution in [0.15, 0.2) is 23.2 Å². The lowest BCUT2D eigenvalue weighted by molar-refractivity contribution is 0.169. The molecule has 0 spiro atoms. The molecule has 0 radical (unpaired) electrons. The van der Waals surface area contributed by atoms with Crippen molar-refractivity contribution in [2.45, 2.75) is 17.4 Å². The second kappa shape index (κ2) is 7.09. The zero-order valence-electron chi connectivity index (χ0n) is 11.2. The Morgan fingerprint density at radius 1 is 1.60 bits per heavy atom. The van der Waals surface area contributed by atoms with Crippen LogP contribution < -0.4 is 0 Å². The number of thioether (sulfide) groups is 1. The normalized spacial score (nSPS) is 19.6. The first-order chi connectivity index (χ1) is 9.55. The average molecular weight is 337 g/mol. The minimum absolute atomic E-state index is 0.0205. The quantitative estimate of drug-likeness (QED) is 0.742. The van der Waals surface area contributed by atoms with Crippen LogP contribution in [0.4, 0.5) is 0 Å². The van der Waals surface area contributed by atoms with Crippen LogP contribution in [0.1, 0.15) is 6.42 Å². The minimum Gasteiger partial charge on any atom is -0.383 e. The van der Waals surface area contributed by atoms with Crippen molar-refractivity contribution >= 4 is 33.4 Å². The van der Waals surface area contributed by atoms with Gasteiger partial charge in [-0.25, -0.2) is 13.4 Å². The van der Waals surface area contributed by atoms with Crippen molar-refractivity contribution in [2.24, 2.45) is 0 Å². The monoisotopic (exact) mass is 336 g/mol. The fourth-order valence-electron chi connectivity index (χ4n) is 2.11. The number of hydrogen-bond acceptors (Lipinski definition) is 5. The van der Waals surface area contributed by atoms with E-state index in [1.165, 1.54) is 22.6 Å². The Morgan fingerprint density at radius 2 is 2.40 bits per heavy atom. The van der Waals surface area contributed by atoms with E-state index in [1.807, 2.05) is 0 Å². The molecule has 1 atom stereocenters. The lowest BCUT2D eigenvalue weighted by atomic mass is 10.3. The summed E-state index contributed by atoms with van der Waals surface area (Å²) in [5.74, 6) is 1.81. The summed E-state index contributed by atoms with van der Waals surface area (Å²) in [5.41, 5.74) is 0. The summed E-state index contributed by atoms with van der Waals surface area (Å²) in [4.78, 5) is 4.01. The third kappa shape index (κ3) is 3.65. The van der Waals surface area contributed by atoms with Gasteiger partial charge in [0.15, 0.2) is 0 Å². The number of sulfonamides is 1. The van der Waals surface area contributed by atoms with Crippen molar-refractivity contribution in [3.05, 3.63) is 23.5 Å². The molecule has 0 aliphatic carbocycles. The van der Waals surface area contributed by atoms with Gasteiger partial charge in [0.1, 0.15) is 5.15 Å². The highest BCUT2D eigenvalue weighted by atomic mass is 35.5. The van der Waals surface area contributed by atoms with Crippen LogP contribution in [-0.2, 0) is 14.8 Å². The molecule has 0 aromatic carbocycles. The molecule has 1 unspecified atom stereocenters. The van der Waals surface area contributed by atoms with Crippen LogP contribution in [-0.4, -0.2) is 55.5 Å². The highest BCUT2D eigenvalue weighted by Crippen LogP contribution is 2.27. The van der Waals surface area contributed by atoms with Crippen molar-refractivity contribution in [1.29, 1.82) is 0 Å². The fourth-order valence-corrected chi connectivity index (χ4v) is 5.32. The minimum atomic E-state index is -3.56. The molecule has 5 nitrogen and oxygen atoms in total. The topological polar surface area (TPSA) is 59.5 Å². The summed E-state index contributed by atoms with van der Waals surface area (Å²) in [5, 5.41) is 0.179. The molecular formula is C12H17ClN2O3S2. The lowest BCUT2D eigenvalue weighted by Crippen LogP contribution is -2.42. The molecule has 112 valence electrons. The second-order valence-electron chi connectivity index (χ2n) is 4.44. The number of hydrogen-bond donors (Lipinski definition) is 0. The summed E-state index contributed by atoms with van der Waals surface area (Å²) in [7, 11) is -2.00. The number of pyridine rings is 1. The molecule has 1 aromatic heterocycles. The van der Waals surface area contributed by atoms with Crippen molar-refractivity contribution in [3.8, 4) is 0 Å². The van der Waals surface area contributed by atoms with E-state index in [0.29, 0.717) is 13.2 Å². The zero-order chi connectivity index (χ0) is 14.6. The van der Waals surface area contributed by atoms with Gasteiger partial charge in [-0.15, -0.1) is 0 Å². The molecule has 1 aromatic rings. The van der Waals surface area contributed by atoms with Crippen molar-refractivity contribution in [1.82, 2.24) is 9.29 Å². The van der Waals surface area contributed by atoms with Crippen LogP contribution in [0.25, 0.3) is 0 Å². The van der Waals surface area contributed by atoms with E-state index in [4.69, 9.17) is 16.3 Å². The number of rotatable bonds is 6. The van der Waals surface area contributed by atoms with E-state index in [-0.39, 0.29) is 16.1 Å². The number of nitrogens with zero attached hydrogens (tertiary/aromatic N) is 2. The van der Waals surface area contributed by atoms with Gasteiger partial charge in [-0.3, -0.25) is 0 Å². The molecule has 1 fully saturated rings. The molecule has 1 aliphatic rings. The molecule has 2 heterocycles. The lowest BCUT2D eigenvalue weighted by Gasteiger charge is -2.27. The zero-order valence-corrected chi connectivity index (χ0v) is 13.5. The first-order valence-electron chi connectivity index (χ1n) is 6.26. The maximum atomic E-state index is 12.8. The number of methoxy groups -OCH3 is 1. The van der Waals surface area contributed by atoms with E-state index >= 15 is 0 Å². The molecule has 1 saturated heterocycles. The average Bonchev–Trinajstić information content (AvgIpc) is 2.93. The summed E-state index contributed by atoms with van der Waals surface area (Å²) < 4.78 is 32.1. The molecule has 0 saturated carbocycles. The smallest absolute Gasteiger partial charge is 0.243 e. The van der Waals surface area contributed by atoms with Gasteiger partial charge in [-0.05, 0) is 24.3 Å². The highest BCUT2D eigenvalue weighted by Gasteiger charge is 2.33. The van der Waals surface area contributed by atoms with Gasteiger partial charge in [-0.2, -0.15) is 16.1 Å². The summed E-state index contributed by atoms with van der Waals surface area (Å²) in [6.07, 6.45) is 2.28. The number of ether oxygens (including phenoxy) is 1. The summed E-state index contributed by atoms with van der Waals surface area (Å²) in [6, 6.07) is 2.88. The van der Waals surface area contributed by atoms with Crippen molar-refractivity contribution in [2.75, 3.05) is 31.8 Å². The van der Waals surface area contributed by atoms with Crippen molar-refractivity contribution < 1.29 is 13.2 Å². The van der Waals surface area contributed by atoms with Gasteiger partial charge in [0.2, 0.25) is 10.0 Å². The van der Waals surface area contributed by atoms with E-state index in [0.717, 1.165) is 17.9 Å². The van der Waals surface area contributed by atoms with Crippen LogP contribution in [0.5, 0.6) is 0 Å². The first-order valence-corrected chi connectivity index (χ1v) is 9.23. The van der Waals surface area contributed by atoms with E-state index in [1.54, 1.807) is 18.9 Å². The Kier molecular flexibility index (Phi) is 5.68. The SMILES string of the molecule is COCCN(C1CCSC1)S(=O)(=O)c1ccnc(Cl)c1. The van der Waals surface area contributed by atoms with E-state index < -0.39 is 10.0 Å². The highest BCUT2D eigenvalue weighted by molar-refractivity contribution is 7.99. The second-order valence-corrected chi connectivity index (χ2v) is 7.87. The van der Waals surface area contributed by atoms with E-state index in [9.17, 15) is 8.42 Å². The molecule has 1 aliphatic heterocycles. The Bertz CT molecular complexity index is 547. The molecule has 8 heteroatoms. The Morgan fingerprint density at radius 3 is 3.00 bits per heavy atom. The van der Waals surface area contributed by atoms with Crippen molar-refractivity contribution in [3.63, 3.8) is 0 Å². The van der Waals surface area contributed by atoms with Gasteiger partial charge < -0.3 is 4.74 Å². The Labute approximate surface area is 128 Å². The number of halogens is 1. The first kappa shape index (κ1) is 16.0. The predicted molar refractivity (Wildman–Crippen MR) is 80.7 cm³/mol. The molecule has 2 rings (SSSR count). The standard InChI is InChI=1S/C12H17ClN2O3S2/c1-18-6-5-15(10-3-7-19-9-10)20(16,17)11-2-4-14-12(13)8-11/h2,4,8,10H,3,5-7,9H2,1H3. The van der Waals surface area contributed by atoms with Gasteiger partial charge >= 0.3 is 0 Å². The molecular weight excluding hydrogens is 320 g/mol. The van der Waals surface area contributed by atoms with Crippen LogP contribution >= 0.6 is 23.4 Å². The largest absolute Gasteiger partial charge is 0.383 e. The van der Waals surface area contributed by atoms with Crippen LogP contribution in [0, 0.1) is 0 Å². The van der Waals surface area contributed by atoms with E-state index in [2.05, 4.69) is 4.98 Å².